The van der Waals surface area contributed by atoms with Crippen LogP contribution >= 0.6 is 0 Å². The Morgan fingerprint density at radius 2 is 1.71 bits per heavy atom. The highest BCUT2D eigenvalue weighted by Gasteiger charge is 2.20. The Labute approximate surface area is 162 Å². The minimum Gasteiger partial charge on any atom is -0.480 e. The van der Waals surface area contributed by atoms with Crippen molar-refractivity contribution in [2.45, 2.75) is 32.4 Å². The van der Waals surface area contributed by atoms with Crippen LogP contribution in [0.2, 0.25) is 0 Å². The fraction of sp³-hybridized carbons (Fsp3) is 0.227. The predicted octanol–water partition coefficient (Wildman–Crippen LogP) is 3.05. The van der Waals surface area contributed by atoms with Gasteiger partial charge in [-0.3, -0.25) is 9.59 Å². The standard InChI is InChI=1S/C22H22N2O4/c1-15(25)18-14-24(20-10-6-5-9-17(18)20)12-11-21(26)23-19(22(27)28)13-16-7-3-2-4-8-16/h2-10,14,19H,11-13H2,1H3,(H,23,26)(H,27,28)/t19-/m0/s1. The van der Waals surface area contributed by atoms with Crippen LogP contribution in [-0.2, 0) is 22.6 Å². The van der Waals surface area contributed by atoms with Crippen molar-refractivity contribution < 1.29 is 19.5 Å². The number of hydrogen-bond donors (Lipinski definition) is 2. The summed E-state index contributed by atoms with van der Waals surface area (Å²) in [4.78, 5) is 35.7. The third-order valence-electron chi connectivity index (χ3n) is 4.66. The molecule has 144 valence electrons. The second-order valence-electron chi connectivity index (χ2n) is 6.71. The third-order valence-corrected chi connectivity index (χ3v) is 4.66. The molecule has 6 heteroatoms. The van der Waals surface area contributed by atoms with Crippen LogP contribution in [0.5, 0.6) is 0 Å². The first-order chi connectivity index (χ1) is 13.5. The van der Waals surface area contributed by atoms with Crippen molar-refractivity contribution in [1.29, 1.82) is 0 Å². The van der Waals surface area contributed by atoms with E-state index in [0.717, 1.165) is 16.5 Å². The Hall–Kier alpha value is -3.41. The van der Waals surface area contributed by atoms with E-state index >= 15 is 0 Å². The molecule has 3 rings (SSSR count). The summed E-state index contributed by atoms with van der Waals surface area (Å²) in [5.41, 5.74) is 2.33. The molecule has 0 saturated carbocycles. The molecule has 28 heavy (non-hydrogen) atoms. The maximum Gasteiger partial charge on any atom is 0.326 e. The van der Waals surface area contributed by atoms with Gasteiger partial charge in [0.25, 0.3) is 0 Å². The number of carboxylic acid groups (broad SMARTS) is 1. The number of carboxylic acids is 1. The molecule has 3 aromatic rings. The Bertz CT molecular complexity index is 1010. The first kappa shape index (κ1) is 19.4. The monoisotopic (exact) mass is 378 g/mol. The summed E-state index contributed by atoms with van der Waals surface area (Å²) in [5.74, 6) is -1.44. The number of nitrogens with zero attached hydrogens (tertiary/aromatic N) is 1. The molecule has 0 aliphatic rings. The van der Waals surface area contributed by atoms with Crippen molar-refractivity contribution in [3.05, 3.63) is 71.9 Å². The second-order valence-corrected chi connectivity index (χ2v) is 6.71. The lowest BCUT2D eigenvalue weighted by molar-refractivity contribution is -0.141. The second kappa shape index (κ2) is 8.52. The van der Waals surface area contributed by atoms with Crippen molar-refractivity contribution in [3.63, 3.8) is 0 Å². The Morgan fingerprint density at radius 3 is 2.39 bits per heavy atom. The average molecular weight is 378 g/mol. The number of rotatable bonds is 8. The van der Waals surface area contributed by atoms with Gasteiger partial charge in [-0.25, -0.2) is 4.79 Å². The molecular weight excluding hydrogens is 356 g/mol. The Morgan fingerprint density at radius 1 is 1.04 bits per heavy atom. The lowest BCUT2D eigenvalue weighted by atomic mass is 10.1. The van der Waals surface area contributed by atoms with Gasteiger partial charge in [-0.15, -0.1) is 0 Å². The largest absolute Gasteiger partial charge is 0.480 e. The van der Waals surface area contributed by atoms with Gasteiger partial charge in [-0.1, -0.05) is 48.5 Å². The van der Waals surface area contributed by atoms with Crippen molar-refractivity contribution in [3.8, 4) is 0 Å². The van der Waals surface area contributed by atoms with Gasteiger partial charge in [0, 0.05) is 42.0 Å². The van der Waals surface area contributed by atoms with Gasteiger partial charge in [0.1, 0.15) is 6.04 Å². The summed E-state index contributed by atoms with van der Waals surface area (Å²) in [7, 11) is 0. The zero-order valence-corrected chi connectivity index (χ0v) is 15.6. The van der Waals surface area contributed by atoms with E-state index in [2.05, 4.69) is 5.32 Å². The lowest BCUT2D eigenvalue weighted by Crippen LogP contribution is -2.42. The van der Waals surface area contributed by atoms with Crippen LogP contribution in [0.4, 0.5) is 0 Å². The minimum atomic E-state index is -1.07. The fourth-order valence-electron chi connectivity index (χ4n) is 3.25. The summed E-state index contributed by atoms with van der Waals surface area (Å²) in [6.45, 7) is 1.87. The van der Waals surface area contributed by atoms with Crippen molar-refractivity contribution >= 4 is 28.6 Å². The molecule has 0 aliphatic carbocycles. The highest BCUT2D eigenvalue weighted by atomic mass is 16.4. The average Bonchev–Trinajstić information content (AvgIpc) is 3.06. The molecule has 2 N–H and O–H groups in total. The number of hydrogen-bond acceptors (Lipinski definition) is 3. The van der Waals surface area contributed by atoms with Crippen molar-refractivity contribution in [1.82, 2.24) is 9.88 Å². The number of ketones is 1. The van der Waals surface area contributed by atoms with Gasteiger partial charge < -0.3 is 15.0 Å². The number of Topliss-reactive ketones (excluding diaryl/α,β-unsaturated/α-hetero) is 1. The maximum atomic E-state index is 12.3. The van der Waals surface area contributed by atoms with E-state index in [9.17, 15) is 19.5 Å². The van der Waals surface area contributed by atoms with E-state index in [4.69, 9.17) is 0 Å². The molecule has 0 bridgehead atoms. The van der Waals surface area contributed by atoms with E-state index in [1.54, 1.807) is 6.20 Å². The highest BCUT2D eigenvalue weighted by Crippen LogP contribution is 2.22. The molecule has 0 unspecified atom stereocenters. The smallest absolute Gasteiger partial charge is 0.326 e. The van der Waals surface area contributed by atoms with Gasteiger partial charge in [0.15, 0.2) is 5.78 Å². The molecule has 1 amide bonds. The number of aliphatic carboxylic acids is 1. The van der Waals surface area contributed by atoms with Crippen molar-refractivity contribution in [2.24, 2.45) is 0 Å². The minimum absolute atomic E-state index is 0.0341. The molecule has 0 radical (unpaired) electrons. The number of aryl methyl sites for hydroxylation is 1. The molecule has 0 saturated heterocycles. The number of carbonyl (C=O) groups is 3. The van der Waals surface area contributed by atoms with Crippen LogP contribution in [0.15, 0.2) is 60.8 Å². The summed E-state index contributed by atoms with van der Waals surface area (Å²) in [6, 6.07) is 15.7. The summed E-state index contributed by atoms with van der Waals surface area (Å²) in [6.07, 6.45) is 2.09. The van der Waals surface area contributed by atoms with Gasteiger partial charge in [-0.05, 0) is 18.6 Å². The normalized spacial score (nSPS) is 11.9. The van der Waals surface area contributed by atoms with Crippen LogP contribution in [0, 0.1) is 0 Å². The zero-order chi connectivity index (χ0) is 20.1. The molecule has 0 aliphatic heterocycles. The van der Waals surface area contributed by atoms with Gasteiger partial charge in [0.2, 0.25) is 5.91 Å². The van der Waals surface area contributed by atoms with Gasteiger partial charge >= 0.3 is 5.97 Å². The molecular formula is C22H22N2O4. The fourth-order valence-corrected chi connectivity index (χ4v) is 3.25. The number of para-hydroxylation sites is 1. The van der Waals surface area contributed by atoms with E-state index in [0.29, 0.717) is 12.1 Å². The number of aromatic nitrogens is 1. The summed E-state index contributed by atoms with van der Waals surface area (Å²) >= 11 is 0. The molecule has 6 nitrogen and oxygen atoms in total. The van der Waals surface area contributed by atoms with E-state index < -0.39 is 12.0 Å². The topological polar surface area (TPSA) is 88.4 Å². The SMILES string of the molecule is CC(=O)c1cn(CCC(=O)N[C@@H](Cc2ccccc2)C(=O)O)c2ccccc12. The number of amides is 1. The van der Waals surface area contributed by atoms with Crippen LogP contribution < -0.4 is 5.32 Å². The summed E-state index contributed by atoms with van der Waals surface area (Å²) < 4.78 is 1.86. The number of nitrogens with one attached hydrogen (secondary N) is 1. The number of fused-ring (bicyclic) bond motifs is 1. The zero-order valence-electron chi connectivity index (χ0n) is 15.6. The number of benzene rings is 2. The van der Waals surface area contributed by atoms with Gasteiger partial charge in [-0.2, -0.15) is 0 Å². The van der Waals surface area contributed by atoms with Crippen LogP contribution in [0.3, 0.4) is 0 Å². The van der Waals surface area contributed by atoms with E-state index in [1.807, 2.05) is 59.2 Å². The molecule has 0 fully saturated rings. The van der Waals surface area contributed by atoms with Crippen molar-refractivity contribution in [2.75, 3.05) is 0 Å². The van der Waals surface area contributed by atoms with Gasteiger partial charge in [0.05, 0.1) is 0 Å². The lowest BCUT2D eigenvalue weighted by Gasteiger charge is -2.15. The predicted molar refractivity (Wildman–Crippen MR) is 106 cm³/mol. The maximum absolute atomic E-state index is 12.3. The third kappa shape index (κ3) is 4.46. The number of carbonyl (C=O) groups excluding carboxylic acids is 2. The molecule has 1 atom stereocenters. The van der Waals surface area contributed by atoms with Crippen LogP contribution in [0.25, 0.3) is 10.9 Å². The Kier molecular flexibility index (Phi) is 5.89. The quantitative estimate of drug-likeness (QED) is 0.590. The molecule has 2 aromatic carbocycles. The first-order valence-corrected chi connectivity index (χ1v) is 9.10. The molecule has 0 spiro atoms. The van der Waals surface area contributed by atoms with E-state index in [-0.39, 0.29) is 24.5 Å². The van der Waals surface area contributed by atoms with Crippen LogP contribution in [-0.4, -0.2) is 33.4 Å². The van der Waals surface area contributed by atoms with Crippen LogP contribution in [0.1, 0.15) is 29.3 Å². The Balaban J connectivity index is 1.67. The van der Waals surface area contributed by atoms with E-state index in [1.165, 1.54) is 6.92 Å². The highest BCUT2D eigenvalue weighted by molar-refractivity contribution is 6.07. The molecule has 1 heterocycles. The summed E-state index contributed by atoms with van der Waals surface area (Å²) in [5, 5.41) is 12.9. The molecule has 1 aromatic heterocycles. The first-order valence-electron chi connectivity index (χ1n) is 9.10.